The number of phenolic OH excluding ortho intramolecular Hbond substituents is 1. The lowest BCUT2D eigenvalue weighted by atomic mass is 10.0. The van der Waals surface area contributed by atoms with Crippen molar-refractivity contribution in [1.82, 2.24) is 9.88 Å². The van der Waals surface area contributed by atoms with Crippen molar-refractivity contribution in [2.75, 3.05) is 32.1 Å². The molecular weight excluding hydrogens is 450 g/mol. The van der Waals surface area contributed by atoms with E-state index in [9.17, 15) is 5.11 Å². The SMILES string of the molecule is CN(C)C1CCN(c2cc(-c3ccccc3Cl)cc(-c3cc(Br)ccc3O)n2)C1. The van der Waals surface area contributed by atoms with E-state index in [0.717, 1.165) is 46.6 Å². The van der Waals surface area contributed by atoms with Gasteiger partial charge in [0.2, 0.25) is 0 Å². The van der Waals surface area contributed by atoms with Crippen LogP contribution in [0.5, 0.6) is 5.75 Å². The Kier molecular flexibility index (Phi) is 5.81. The van der Waals surface area contributed by atoms with E-state index in [1.54, 1.807) is 6.07 Å². The van der Waals surface area contributed by atoms with Gasteiger partial charge in [-0.3, -0.25) is 0 Å². The molecule has 0 spiro atoms. The van der Waals surface area contributed by atoms with E-state index in [4.69, 9.17) is 16.6 Å². The van der Waals surface area contributed by atoms with E-state index >= 15 is 0 Å². The number of aromatic nitrogens is 1. The Morgan fingerprint density at radius 2 is 1.90 bits per heavy atom. The van der Waals surface area contributed by atoms with Crippen LogP contribution in [0.2, 0.25) is 5.02 Å². The van der Waals surface area contributed by atoms with Crippen molar-refractivity contribution >= 4 is 33.3 Å². The summed E-state index contributed by atoms with van der Waals surface area (Å²) in [6, 6.07) is 17.8. The van der Waals surface area contributed by atoms with E-state index in [1.165, 1.54) is 0 Å². The normalized spacial score (nSPS) is 16.6. The number of halogens is 2. The maximum atomic E-state index is 10.5. The molecule has 1 atom stereocenters. The van der Waals surface area contributed by atoms with Crippen LogP contribution >= 0.6 is 27.5 Å². The van der Waals surface area contributed by atoms with Crippen LogP contribution in [0, 0.1) is 0 Å². The second-order valence-corrected chi connectivity index (χ2v) is 8.92. The Morgan fingerprint density at radius 1 is 1.10 bits per heavy atom. The zero-order chi connectivity index (χ0) is 20.5. The summed E-state index contributed by atoms with van der Waals surface area (Å²) in [4.78, 5) is 9.49. The molecule has 0 amide bonds. The maximum absolute atomic E-state index is 10.5. The van der Waals surface area contributed by atoms with Crippen molar-refractivity contribution in [3.05, 3.63) is 64.1 Å². The van der Waals surface area contributed by atoms with Gasteiger partial charge in [-0.25, -0.2) is 4.98 Å². The minimum Gasteiger partial charge on any atom is -0.507 e. The number of rotatable bonds is 4. The second kappa shape index (κ2) is 8.34. The zero-order valence-corrected chi connectivity index (χ0v) is 18.8. The van der Waals surface area contributed by atoms with Crippen molar-refractivity contribution < 1.29 is 5.11 Å². The molecule has 1 fully saturated rings. The van der Waals surface area contributed by atoms with Gasteiger partial charge in [0.25, 0.3) is 0 Å². The molecule has 6 heteroatoms. The molecule has 2 heterocycles. The molecule has 1 saturated heterocycles. The molecule has 3 aromatic rings. The van der Waals surface area contributed by atoms with Crippen LogP contribution in [0.3, 0.4) is 0 Å². The summed E-state index contributed by atoms with van der Waals surface area (Å²) < 4.78 is 0.894. The van der Waals surface area contributed by atoms with Crippen LogP contribution in [-0.4, -0.2) is 48.2 Å². The fourth-order valence-corrected chi connectivity index (χ4v) is 4.36. The number of hydrogen-bond donors (Lipinski definition) is 1. The first-order chi connectivity index (χ1) is 13.9. The molecule has 4 nitrogen and oxygen atoms in total. The van der Waals surface area contributed by atoms with Gasteiger partial charge in [0, 0.05) is 39.8 Å². The van der Waals surface area contributed by atoms with Crippen molar-refractivity contribution in [2.45, 2.75) is 12.5 Å². The quantitative estimate of drug-likeness (QED) is 0.530. The van der Waals surface area contributed by atoms with E-state index in [2.05, 4.69) is 45.9 Å². The fourth-order valence-electron chi connectivity index (χ4n) is 3.75. The molecule has 1 unspecified atom stereocenters. The van der Waals surface area contributed by atoms with Crippen LogP contribution in [0.1, 0.15) is 6.42 Å². The first-order valence-corrected chi connectivity index (χ1v) is 10.8. The zero-order valence-electron chi connectivity index (χ0n) is 16.4. The highest BCUT2D eigenvalue weighted by Gasteiger charge is 2.26. The van der Waals surface area contributed by atoms with E-state index in [1.807, 2.05) is 42.5 Å². The predicted molar refractivity (Wildman–Crippen MR) is 124 cm³/mol. The molecular formula is C23H23BrClN3O. The van der Waals surface area contributed by atoms with Gasteiger partial charge in [0.1, 0.15) is 11.6 Å². The topological polar surface area (TPSA) is 39.6 Å². The lowest BCUT2D eigenvalue weighted by Gasteiger charge is -2.22. The molecule has 2 aromatic carbocycles. The summed E-state index contributed by atoms with van der Waals surface area (Å²) in [5, 5.41) is 11.2. The van der Waals surface area contributed by atoms with E-state index in [-0.39, 0.29) is 5.75 Å². The third-order valence-electron chi connectivity index (χ3n) is 5.45. The number of phenols is 1. The second-order valence-electron chi connectivity index (χ2n) is 7.59. The largest absolute Gasteiger partial charge is 0.507 e. The average Bonchev–Trinajstić information content (AvgIpc) is 3.20. The highest BCUT2D eigenvalue weighted by Crippen LogP contribution is 2.37. The highest BCUT2D eigenvalue weighted by molar-refractivity contribution is 9.10. The minimum atomic E-state index is 0.204. The summed E-state index contributed by atoms with van der Waals surface area (Å²) in [6.07, 6.45) is 1.10. The van der Waals surface area contributed by atoms with Crippen LogP contribution in [-0.2, 0) is 0 Å². The van der Waals surface area contributed by atoms with Gasteiger partial charge in [0.15, 0.2) is 0 Å². The average molecular weight is 473 g/mol. The standard InChI is InChI=1S/C23H23BrClN3O/c1-27(2)17-9-10-28(14-17)23-12-15(18-5-3-4-6-20(18)25)11-21(26-23)19-13-16(24)7-8-22(19)29/h3-8,11-13,17,29H,9-10,14H2,1-2H3. The van der Waals surface area contributed by atoms with Crippen molar-refractivity contribution in [3.8, 4) is 28.1 Å². The van der Waals surface area contributed by atoms with Crippen molar-refractivity contribution in [2.24, 2.45) is 0 Å². The Balaban J connectivity index is 1.84. The summed E-state index contributed by atoms with van der Waals surface area (Å²) in [5.74, 6) is 1.11. The van der Waals surface area contributed by atoms with Crippen molar-refractivity contribution in [1.29, 1.82) is 0 Å². The number of pyridine rings is 1. The van der Waals surface area contributed by atoms with Crippen molar-refractivity contribution in [3.63, 3.8) is 0 Å². The van der Waals surface area contributed by atoms with Gasteiger partial charge < -0.3 is 14.9 Å². The van der Waals surface area contributed by atoms with Gasteiger partial charge in [-0.2, -0.15) is 0 Å². The van der Waals surface area contributed by atoms with Gasteiger partial charge in [-0.15, -0.1) is 0 Å². The summed E-state index contributed by atoms with van der Waals surface area (Å²) in [7, 11) is 4.24. The monoisotopic (exact) mass is 471 g/mol. The lowest BCUT2D eigenvalue weighted by Crippen LogP contribution is -2.31. The van der Waals surface area contributed by atoms with Gasteiger partial charge in [0.05, 0.1) is 5.69 Å². The Morgan fingerprint density at radius 3 is 2.62 bits per heavy atom. The summed E-state index contributed by atoms with van der Waals surface area (Å²) in [5.41, 5.74) is 3.36. The Hall–Kier alpha value is -2.08. The molecule has 150 valence electrons. The fraction of sp³-hybridized carbons (Fsp3) is 0.261. The van der Waals surface area contributed by atoms with Crippen LogP contribution in [0.25, 0.3) is 22.4 Å². The molecule has 1 aliphatic rings. The summed E-state index contributed by atoms with van der Waals surface area (Å²) in [6.45, 7) is 1.88. The van der Waals surface area contributed by atoms with Crippen LogP contribution in [0.4, 0.5) is 5.82 Å². The number of hydrogen-bond acceptors (Lipinski definition) is 4. The predicted octanol–water partition coefficient (Wildman–Crippen LogP) is 5.68. The van der Waals surface area contributed by atoms with Crippen LogP contribution in [0.15, 0.2) is 59.1 Å². The maximum Gasteiger partial charge on any atom is 0.129 e. The Labute approximate surface area is 184 Å². The van der Waals surface area contributed by atoms with Crippen LogP contribution < -0.4 is 4.90 Å². The first-order valence-electron chi connectivity index (χ1n) is 9.59. The number of aromatic hydroxyl groups is 1. The van der Waals surface area contributed by atoms with Gasteiger partial charge in [-0.1, -0.05) is 45.7 Å². The number of benzene rings is 2. The molecule has 0 bridgehead atoms. The smallest absolute Gasteiger partial charge is 0.129 e. The lowest BCUT2D eigenvalue weighted by molar-refractivity contribution is 0.315. The third-order valence-corrected chi connectivity index (χ3v) is 6.27. The van der Waals surface area contributed by atoms with E-state index < -0.39 is 0 Å². The van der Waals surface area contributed by atoms with E-state index in [0.29, 0.717) is 16.6 Å². The molecule has 0 radical (unpaired) electrons. The molecule has 29 heavy (non-hydrogen) atoms. The minimum absolute atomic E-state index is 0.204. The van der Waals surface area contributed by atoms with Gasteiger partial charge in [-0.05, 0) is 62.5 Å². The number of nitrogens with zero attached hydrogens (tertiary/aromatic N) is 3. The number of likely N-dealkylation sites (N-methyl/N-ethyl adjacent to an activating group) is 1. The highest BCUT2D eigenvalue weighted by atomic mass is 79.9. The molecule has 0 aliphatic carbocycles. The molecule has 1 aliphatic heterocycles. The molecule has 4 rings (SSSR count). The number of anilines is 1. The molecule has 1 aromatic heterocycles. The molecule has 0 saturated carbocycles. The third kappa shape index (κ3) is 4.27. The summed E-state index contributed by atoms with van der Waals surface area (Å²) >= 11 is 9.99. The van der Waals surface area contributed by atoms with Gasteiger partial charge >= 0.3 is 0 Å². The Bertz CT molecular complexity index is 1040. The first kappa shape index (κ1) is 20.2. The molecule has 1 N–H and O–H groups in total.